The smallest absolute Gasteiger partial charge is 0.167 e. The van der Waals surface area contributed by atoms with Crippen molar-refractivity contribution in [2.45, 2.75) is 5.92 Å². The highest BCUT2D eigenvalue weighted by Gasteiger charge is 2.32. The first kappa shape index (κ1) is 32.6. The van der Waals surface area contributed by atoms with Crippen molar-refractivity contribution in [3.05, 3.63) is 205 Å². The summed E-state index contributed by atoms with van der Waals surface area (Å²) in [7, 11) is 0. The van der Waals surface area contributed by atoms with E-state index in [-0.39, 0.29) is 11.8 Å². The zero-order valence-electron chi connectivity index (χ0n) is 31.2. The van der Waals surface area contributed by atoms with E-state index in [4.69, 9.17) is 23.8 Å². The molecule has 58 heavy (non-hydrogen) atoms. The Hall–Kier alpha value is -7.63. The average molecular weight is 744 g/mol. The van der Waals surface area contributed by atoms with Crippen LogP contribution in [0.4, 0.5) is 0 Å². The fourth-order valence-electron chi connectivity index (χ4n) is 9.14. The number of benzene rings is 7. The SMILES string of the molecule is C1=CC2=C(c3nc(-c4ccccc4)nc(-c4cccc5c4oc4ccccc45)n3)C=CC(c3cccc4oc5c(-c6cccc7ccccc67)cccc5c34)C2C=C1. The van der Waals surface area contributed by atoms with E-state index in [0.717, 1.165) is 71.7 Å². The zero-order valence-corrected chi connectivity index (χ0v) is 31.2. The molecule has 0 fully saturated rings. The molecule has 2 aliphatic carbocycles. The number of hydrogen-bond acceptors (Lipinski definition) is 5. The summed E-state index contributed by atoms with van der Waals surface area (Å²) >= 11 is 0. The van der Waals surface area contributed by atoms with Crippen molar-refractivity contribution < 1.29 is 8.83 Å². The lowest BCUT2D eigenvalue weighted by molar-refractivity contribution is 0.663. The Morgan fingerprint density at radius 1 is 0.414 bits per heavy atom. The number of hydrogen-bond donors (Lipinski definition) is 0. The highest BCUT2D eigenvalue weighted by molar-refractivity contribution is 6.14. The topological polar surface area (TPSA) is 65.0 Å². The Morgan fingerprint density at radius 2 is 1.07 bits per heavy atom. The Morgan fingerprint density at radius 3 is 2.00 bits per heavy atom. The van der Waals surface area contributed by atoms with Gasteiger partial charge in [0.25, 0.3) is 0 Å². The molecule has 7 aromatic carbocycles. The molecule has 0 amide bonds. The van der Waals surface area contributed by atoms with E-state index in [1.165, 1.54) is 21.9 Å². The predicted octanol–water partition coefficient (Wildman–Crippen LogP) is 13.7. The standard InChI is InChI=1S/C53H33N3O2/c1-2-15-33(16-3-1)51-54-52(56-53(55-51)45-27-12-25-42-39-21-8-9-28-46(39)57-50(42)45)43-31-30-38(36-19-6-7-20-37(36)43)40-23-13-29-47-48(40)44-26-11-24-41(49(44)58-47)35-22-10-17-32-14-4-5-18-34(32)35/h1-31,36,38H. The molecule has 0 aliphatic heterocycles. The molecule has 3 heterocycles. The number of furan rings is 2. The van der Waals surface area contributed by atoms with E-state index in [1.807, 2.05) is 60.7 Å². The van der Waals surface area contributed by atoms with E-state index in [9.17, 15) is 0 Å². The molecule has 3 aromatic heterocycles. The van der Waals surface area contributed by atoms with Crippen LogP contribution in [0.25, 0.3) is 94.1 Å². The number of aromatic nitrogens is 3. The number of allylic oxidation sites excluding steroid dienone is 8. The van der Waals surface area contributed by atoms with Crippen LogP contribution >= 0.6 is 0 Å². The van der Waals surface area contributed by atoms with Gasteiger partial charge in [0.05, 0.1) is 5.56 Å². The van der Waals surface area contributed by atoms with Crippen molar-refractivity contribution in [1.82, 2.24) is 15.0 Å². The highest BCUT2D eigenvalue weighted by atomic mass is 16.3. The molecule has 10 aromatic rings. The molecular weight excluding hydrogens is 711 g/mol. The van der Waals surface area contributed by atoms with E-state index in [1.54, 1.807) is 0 Å². The molecule has 0 N–H and O–H groups in total. The van der Waals surface area contributed by atoms with Crippen LogP contribution in [-0.4, -0.2) is 15.0 Å². The number of rotatable bonds is 5. The van der Waals surface area contributed by atoms with Crippen molar-refractivity contribution in [3.8, 4) is 33.9 Å². The van der Waals surface area contributed by atoms with Crippen molar-refractivity contribution in [1.29, 1.82) is 0 Å². The van der Waals surface area contributed by atoms with Crippen molar-refractivity contribution in [2.75, 3.05) is 0 Å². The van der Waals surface area contributed by atoms with Gasteiger partial charge in [-0.3, -0.25) is 0 Å². The van der Waals surface area contributed by atoms with Crippen LogP contribution < -0.4 is 0 Å². The minimum absolute atomic E-state index is 0.0426. The van der Waals surface area contributed by atoms with Gasteiger partial charge in [0.2, 0.25) is 0 Å². The van der Waals surface area contributed by atoms with Crippen molar-refractivity contribution >= 4 is 60.2 Å². The quantitative estimate of drug-likeness (QED) is 0.176. The third kappa shape index (κ3) is 5.07. The number of para-hydroxylation sites is 3. The van der Waals surface area contributed by atoms with Crippen LogP contribution in [-0.2, 0) is 0 Å². The summed E-state index contributed by atoms with van der Waals surface area (Å²) in [5.41, 5.74) is 10.8. The number of nitrogens with zero attached hydrogens (tertiary/aromatic N) is 3. The van der Waals surface area contributed by atoms with Gasteiger partial charge in [-0.25, -0.2) is 15.0 Å². The Labute approximate surface area is 333 Å². The van der Waals surface area contributed by atoms with E-state index in [0.29, 0.717) is 17.5 Å². The summed E-state index contributed by atoms with van der Waals surface area (Å²) in [6.07, 6.45) is 13.3. The van der Waals surface area contributed by atoms with Crippen LogP contribution in [0.2, 0.25) is 0 Å². The molecule has 0 saturated heterocycles. The second kappa shape index (κ2) is 13.0. The third-order valence-corrected chi connectivity index (χ3v) is 11.8. The van der Waals surface area contributed by atoms with Crippen LogP contribution in [0.1, 0.15) is 17.3 Å². The first-order valence-electron chi connectivity index (χ1n) is 19.7. The number of fused-ring (bicyclic) bond motifs is 8. The molecule has 2 unspecified atom stereocenters. The fraction of sp³-hybridized carbons (Fsp3) is 0.0377. The average Bonchev–Trinajstić information content (AvgIpc) is 3.88. The molecular formula is C53H33N3O2. The van der Waals surface area contributed by atoms with Crippen LogP contribution in [0.3, 0.4) is 0 Å². The summed E-state index contributed by atoms with van der Waals surface area (Å²) in [5.74, 6) is 1.89. The lowest BCUT2D eigenvalue weighted by Gasteiger charge is -2.30. The normalized spacial score (nSPS) is 16.3. The zero-order chi connectivity index (χ0) is 38.2. The molecule has 2 aliphatic rings. The maximum absolute atomic E-state index is 6.80. The second-order valence-electron chi connectivity index (χ2n) is 15.0. The first-order valence-corrected chi connectivity index (χ1v) is 19.7. The van der Waals surface area contributed by atoms with Gasteiger partial charge in [0, 0.05) is 50.1 Å². The molecule has 0 bridgehead atoms. The van der Waals surface area contributed by atoms with Gasteiger partial charge < -0.3 is 8.83 Å². The van der Waals surface area contributed by atoms with Gasteiger partial charge in [-0.2, -0.15) is 0 Å². The third-order valence-electron chi connectivity index (χ3n) is 11.8. The maximum atomic E-state index is 6.80. The van der Waals surface area contributed by atoms with E-state index in [2.05, 4.69) is 127 Å². The van der Waals surface area contributed by atoms with E-state index >= 15 is 0 Å². The molecule has 2 atom stereocenters. The molecule has 0 saturated carbocycles. The molecule has 0 spiro atoms. The lowest BCUT2D eigenvalue weighted by atomic mass is 9.73. The Balaban J connectivity index is 1.01. The Kier molecular flexibility index (Phi) is 7.29. The molecule has 272 valence electrons. The van der Waals surface area contributed by atoms with Gasteiger partial charge in [0.15, 0.2) is 17.5 Å². The van der Waals surface area contributed by atoms with Gasteiger partial charge >= 0.3 is 0 Å². The maximum Gasteiger partial charge on any atom is 0.167 e. The predicted molar refractivity (Wildman–Crippen MR) is 235 cm³/mol. The van der Waals surface area contributed by atoms with Crippen LogP contribution in [0.15, 0.2) is 203 Å². The van der Waals surface area contributed by atoms with Gasteiger partial charge in [-0.1, -0.05) is 170 Å². The molecule has 5 heteroatoms. The Bertz CT molecular complexity index is 3410. The van der Waals surface area contributed by atoms with Crippen molar-refractivity contribution in [2.24, 2.45) is 5.92 Å². The summed E-state index contributed by atoms with van der Waals surface area (Å²) < 4.78 is 13.3. The monoisotopic (exact) mass is 743 g/mol. The molecule has 5 nitrogen and oxygen atoms in total. The second-order valence-corrected chi connectivity index (χ2v) is 15.0. The minimum Gasteiger partial charge on any atom is -0.455 e. The first-order chi connectivity index (χ1) is 28.8. The van der Waals surface area contributed by atoms with Gasteiger partial charge in [-0.15, -0.1) is 0 Å². The summed E-state index contributed by atoms with van der Waals surface area (Å²) in [6, 6.07) is 52.5. The van der Waals surface area contributed by atoms with Crippen LogP contribution in [0, 0.1) is 5.92 Å². The summed E-state index contributed by atoms with van der Waals surface area (Å²) in [6.45, 7) is 0. The largest absolute Gasteiger partial charge is 0.455 e. The summed E-state index contributed by atoms with van der Waals surface area (Å²) in [5, 5.41) is 6.78. The van der Waals surface area contributed by atoms with Gasteiger partial charge in [-0.05, 0) is 45.7 Å². The fourth-order valence-corrected chi connectivity index (χ4v) is 9.14. The molecule has 0 radical (unpaired) electrons. The summed E-state index contributed by atoms with van der Waals surface area (Å²) in [4.78, 5) is 15.5. The van der Waals surface area contributed by atoms with Crippen molar-refractivity contribution in [3.63, 3.8) is 0 Å². The lowest BCUT2D eigenvalue weighted by Crippen LogP contribution is -2.18. The van der Waals surface area contributed by atoms with Gasteiger partial charge in [0.1, 0.15) is 22.3 Å². The molecule has 12 rings (SSSR count). The minimum atomic E-state index is 0.0426. The van der Waals surface area contributed by atoms with E-state index < -0.39 is 0 Å². The highest BCUT2D eigenvalue weighted by Crippen LogP contribution is 2.47. The van der Waals surface area contributed by atoms with Crippen LogP contribution in [0.5, 0.6) is 0 Å².